The summed E-state index contributed by atoms with van der Waals surface area (Å²) in [4.78, 5) is 23.1. The number of ether oxygens (including phenoxy) is 2. The molecule has 0 bridgehead atoms. The van der Waals surface area contributed by atoms with Crippen molar-refractivity contribution in [2.45, 2.75) is 17.1 Å². The van der Waals surface area contributed by atoms with Crippen LogP contribution < -0.4 is 9.47 Å². The molecule has 0 aliphatic carbocycles. The largest absolute Gasteiger partial charge is 0.497 e. The molecule has 4 rings (SSSR count). The summed E-state index contributed by atoms with van der Waals surface area (Å²) < 4.78 is 42.3. The Morgan fingerprint density at radius 1 is 0.969 bits per heavy atom. The van der Waals surface area contributed by atoms with E-state index in [0.717, 1.165) is 24.3 Å². The summed E-state index contributed by atoms with van der Waals surface area (Å²) in [5.74, 6) is 0.330. The van der Waals surface area contributed by atoms with Gasteiger partial charge < -0.3 is 9.47 Å². The molecule has 1 heterocycles. The molecule has 0 amide bonds. The summed E-state index contributed by atoms with van der Waals surface area (Å²) in [5.41, 5.74) is 0.435. The highest BCUT2D eigenvalue weighted by Gasteiger charge is 2.42. The van der Waals surface area contributed by atoms with E-state index in [0.29, 0.717) is 17.1 Å². The second-order valence-electron chi connectivity index (χ2n) is 6.89. The highest BCUT2D eigenvalue weighted by Crippen LogP contribution is 2.38. The standard InChI is InChI=1S/C22H17NO8S/c1-29-16-10-6-14(7-11-16)21-22(20(24)18-4-2-3-5-19(18)30-21)31-32(27,28)17-12-8-15(9-13-17)23(25)26/h2-13,21-22H,1H3/t21-,22+/m0/s1. The third-order valence-corrected chi connectivity index (χ3v) is 6.26. The minimum absolute atomic E-state index is 0.196. The van der Waals surface area contributed by atoms with Gasteiger partial charge in [-0.05, 0) is 42.0 Å². The SMILES string of the molecule is COc1ccc([C@@H]2Oc3ccccc3C(=O)[C@H]2OS(=O)(=O)c2ccc([N+](=O)[O-])cc2)cc1. The van der Waals surface area contributed by atoms with E-state index in [9.17, 15) is 23.3 Å². The van der Waals surface area contributed by atoms with Crippen LogP contribution in [0.4, 0.5) is 5.69 Å². The number of nitro benzene ring substituents is 1. The van der Waals surface area contributed by atoms with Crippen LogP contribution in [0.1, 0.15) is 22.0 Å². The molecule has 0 saturated heterocycles. The minimum Gasteiger partial charge on any atom is -0.497 e. The van der Waals surface area contributed by atoms with Gasteiger partial charge in [0.25, 0.3) is 15.8 Å². The number of hydrogen-bond donors (Lipinski definition) is 0. The molecule has 0 aromatic heterocycles. The first-order valence-corrected chi connectivity index (χ1v) is 10.8. The van der Waals surface area contributed by atoms with E-state index in [2.05, 4.69) is 0 Å². The third kappa shape index (κ3) is 4.05. The van der Waals surface area contributed by atoms with Gasteiger partial charge in [0, 0.05) is 12.1 Å². The number of benzene rings is 3. The number of hydrogen-bond acceptors (Lipinski definition) is 8. The number of carbonyl (C=O) groups is 1. The Labute approximate surface area is 183 Å². The van der Waals surface area contributed by atoms with Crippen LogP contribution in [0.15, 0.2) is 77.7 Å². The molecule has 0 saturated carbocycles. The second kappa shape index (κ2) is 8.40. The van der Waals surface area contributed by atoms with Crippen LogP contribution in [0.3, 0.4) is 0 Å². The van der Waals surface area contributed by atoms with E-state index < -0.39 is 33.0 Å². The van der Waals surface area contributed by atoms with Crippen LogP contribution in [-0.4, -0.2) is 32.3 Å². The first kappa shape index (κ1) is 21.5. The van der Waals surface area contributed by atoms with E-state index >= 15 is 0 Å². The number of non-ortho nitro benzene ring substituents is 1. The van der Waals surface area contributed by atoms with Crippen LogP contribution in [0, 0.1) is 10.1 Å². The molecular formula is C22H17NO8S. The number of ketones is 1. The van der Waals surface area contributed by atoms with Gasteiger partial charge >= 0.3 is 0 Å². The van der Waals surface area contributed by atoms with Gasteiger partial charge in [0.1, 0.15) is 11.5 Å². The van der Waals surface area contributed by atoms with Crippen molar-refractivity contribution in [3.63, 3.8) is 0 Å². The van der Waals surface area contributed by atoms with Crippen LogP contribution in [0.5, 0.6) is 11.5 Å². The Kier molecular flexibility index (Phi) is 5.64. The maximum atomic E-state index is 13.2. The van der Waals surface area contributed by atoms with Crippen molar-refractivity contribution in [3.8, 4) is 11.5 Å². The van der Waals surface area contributed by atoms with E-state index in [1.54, 1.807) is 42.5 Å². The molecule has 3 aromatic carbocycles. The summed E-state index contributed by atoms with van der Waals surface area (Å²) in [6, 6.07) is 17.3. The zero-order chi connectivity index (χ0) is 22.9. The number of nitrogens with zero attached hydrogens (tertiary/aromatic N) is 1. The Balaban J connectivity index is 1.72. The van der Waals surface area contributed by atoms with Gasteiger partial charge in [-0.1, -0.05) is 24.3 Å². The van der Waals surface area contributed by atoms with Crippen molar-refractivity contribution in [2.75, 3.05) is 7.11 Å². The fourth-order valence-electron chi connectivity index (χ4n) is 3.32. The summed E-state index contributed by atoms with van der Waals surface area (Å²) in [6.07, 6.45) is -2.55. The molecule has 1 aliphatic rings. The molecule has 9 nitrogen and oxygen atoms in total. The number of Topliss-reactive ketones (excluding diaryl/α,β-unsaturated/α-hetero) is 1. The van der Waals surface area contributed by atoms with E-state index in [4.69, 9.17) is 13.7 Å². The molecule has 3 aromatic rings. The van der Waals surface area contributed by atoms with Gasteiger partial charge in [-0.3, -0.25) is 19.1 Å². The van der Waals surface area contributed by atoms with Crippen LogP contribution in [-0.2, 0) is 14.3 Å². The molecule has 2 atom stereocenters. The second-order valence-corrected chi connectivity index (χ2v) is 8.47. The smallest absolute Gasteiger partial charge is 0.297 e. The fourth-order valence-corrected chi connectivity index (χ4v) is 4.36. The lowest BCUT2D eigenvalue weighted by Gasteiger charge is -2.32. The normalized spacial score (nSPS) is 17.8. The summed E-state index contributed by atoms with van der Waals surface area (Å²) >= 11 is 0. The summed E-state index contributed by atoms with van der Waals surface area (Å²) in [6.45, 7) is 0. The van der Waals surface area contributed by atoms with Gasteiger partial charge in [-0.2, -0.15) is 8.42 Å². The maximum absolute atomic E-state index is 13.2. The molecule has 0 fully saturated rings. The number of fused-ring (bicyclic) bond motifs is 1. The quantitative estimate of drug-likeness (QED) is 0.313. The van der Waals surface area contributed by atoms with Crippen LogP contribution in [0.25, 0.3) is 0 Å². The van der Waals surface area contributed by atoms with Gasteiger partial charge in [0.15, 0.2) is 12.2 Å². The Bertz CT molecular complexity index is 1270. The van der Waals surface area contributed by atoms with Crippen LogP contribution in [0.2, 0.25) is 0 Å². The van der Waals surface area contributed by atoms with Crippen molar-refractivity contribution >= 4 is 21.6 Å². The molecule has 0 N–H and O–H groups in total. The van der Waals surface area contributed by atoms with E-state index in [1.165, 1.54) is 13.2 Å². The predicted molar refractivity (Wildman–Crippen MR) is 112 cm³/mol. The Morgan fingerprint density at radius 3 is 2.25 bits per heavy atom. The van der Waals surface area contributed by atoms with Crippen molar-refractivity contribution in [1.82, 2.24) is 0 Å². The molecular weight excluding hydrogens is 438 g/mol. The zero-order valence-electron chi connectivity index (χ0n) is 16.7. The van der Waals surface area contributed by atoms with Crippen molar-refractivity contribution in [3.05, 3.63) is 94.0 Å². The fraction of sp³-hybridized carbons (Fsp3) is 0.136. The highest BCUT2D eigenvalue weighted by molar-refractivity contribution is 7.86. The van der Waals surface area contributed by atoms with Gasteiger partial charge in [-0.15, -0.1) is 0 Å². The average molecular weight is 455 g/mol. The van der Waals surface area contributed by atoms with Gasteiger partial charge in [0.2, 0.25) is 5.78 Å². The first-order chi connectivity index (χ1) is 15.3. The minimum atomic E-state index is -4.44. The zero-order valence-corrected chi connectivity index (χ0v) is 17.5. The predicted octanol–water partition coefficient (Wildman–Crippen LogP) is 3.69. The van der Waals surface area contributed by atoms with Crippen molar-refractivity contribution in [2.24, 2.45) is 0 Å². The number of nitro groups is 1. The lowest BCUT2D eigenvalue weighted by Crippen LogP contribution is -2.39. The molecule has 0 radical (unpaired) electrons. The molecule has 164 valence electrons. The Morgan fingerprint density at radius 2 is 1.62 bits per heavy atom. The first-order valence-electron chi connectivity index (χ1n) is 9.42. The number of methoxy groups -OCH3 is 1. The lowest BCUT2D eigenvalue weighted by molar-refractivity contribution is -0.384. The summed E-state index contributed by atoms with van der Waals surface area (Å²) in [7, 11) is -2.93. The van der Waals surface area contributed by atoms with Crippen molar-refractivity contribution in [1.29, 1.82) is 0 Å². The van der Waals surface area contributed by atoms with Gasteiger partial charge in [-0.25, -0.2) is 0 Å². The third-order valence-electron chi connectivity index (χ3n) is 4.95. The topological polar surface area (TPSA) is 122 Å². The Hall–Kier alpha value is -3.76. The molecule has 0 unspecified atom stereocenters. The van der Waals surface area contributed by atoms with E-state index in [1.807, 2.05) is 0 Å². The monoisotopic (exact) mass is 455 g/mol. The number of rotatable bonds is 6. The van der Waals surface area contributed by atoms with Crippen LogP contribution >= 0.6 is 0 Å². The molecule has 10 heteroatoms. The van der Waals surface area contributed by atoms with Crippen molar-refractivity contribution < 1.29 is 31.8 Å². The van der Waals surface area contributed by atoms with Gasteiger partial charge in [0.05, 0.1) is 22.5 Å². The molecule has 0 spiro atoms. The summed E-state index contributed by atoms with van der Waals surface area (Å²) in [5, 5.41) is 10.8. The van der Waals surface area contributed by atoms with E-state index in [-0.39, 0.29) is 16.1 Å². The maximum Gasteiger partial charge on any atom is 0.297 e. The average Bonchev–Trinajstić information content (AvgIpc) is 2.81. The molecule has 32 heavy (non-hydrogen) atoms. The lowest BCUT2D eigenvalue weighted by atomic mass is 9.93. The highest BCUT2D eigenvalue weighted by atomic mass is 32.2. The molecule has 1 aliphatic heterocycles. The number of carbonyl (C=O) groups excluding carboxylic acids is 1. The number of para-hydroxylation sites is 1.